The smallest absolute Gasteiger partial charge is 0.319 e. The highest BCUT2D eigenvalue weighted by molar-refractivity contribution is 5.92. The lowest BCUT2D eigenvalue weighted by molar-refractivity contribution is 0.0345. The average Bonchev–Trinajstić information content (AvgIpc) is 2.62. The summed E-state index contributed by atoms with van der Waals surface area (Å²) in [5.74, 6) is -0.0295. The summed E-state index contributed by atoms with van der Waals surface area (Å²) in [5, 5.41) is 0. The van der Waals surface area contributed by atoms with Gasteiger partial charge in [-0.3, -0.25) is 9.78 Å². The molecule has 3 rings (SSSR count). The summed E-state index contributed by atoms with van der Waals surface area (Å²) in [4.78, 5) is 38.0. The Morgan fingerprint density at radius 3 is 2.08 bits per heavy atom. The molecule has 7 nitrogen and oxygen atoms in total. The predicted octanol–water partition coefficient (Wildman–Crippen LogP) is 1.48. The van der Waals surface area contributed by atoms with Crippen molar-refractivity contribution in [2.24, 2.45) is 5.41 Å². The van der Waals surface area contributed by atoms with Gasteiger partial charge in [0, 0.05) is 52.7 Å². The van der Waals surface area contributed by atoms with Crippen molar-refractivity contribution in [1.29, 1.82) is 0 Å². The standard InChI is InChI=1S/C17H25N5O2/c1-20(2)16(24)22-11-5-17(6-12-22)3-9-21(10-4-17)15(23)14-13-18-7-8-19-14/h7-8,13H,3-6,9-12H2,1-2H3. The summed E-state index contributed by atoms with van der Waals surface area (Å²) >= 11 is 0. The van der Waals surface area contributed by atoms with Crippen molar-refractivity contribution in [3.05, 3.63) is 24.3 Å². The molecule has 3 heterocycles. The van der Waals surface area contributed by atoms with E-state index in [-0.39, 0.29) is 17.4 Å². The number of nitrogens with zero attached hydrogens (tertiary/aromatic N) is 5. The van der Waals surface area contributed by atoms with Crippen LogP contribution in [0.3, 0.4) is 0 Å². The largest absolute Gasteiger partial charge is 0.337 e. The van der Waals surface area contributed by atoms with Crippen molar-refractivity contribution < 1.29 is 9.59 Å². The highest BCUT2D eigenvalue weighted by Crippen LogP contribution is 2.41. The number of hydrogen-bond donors (Lipinski definition) is 0. The van der Waals surface area contributed by atoms with Gasteiger partial charge in [-0.15, -0.1) is 0 Å². The van der Waals surface area contributed by atoms with Crippen LogP contribution in [0, 0.1) is 5.41 Å². The molecule has 0 unspecified atom stereocenters. The molecule has 2 aliphatic heterocycles. The van der Waals surface area contributed by atoms with E-state index < -0.39 is 0 Å². The Balaban J connectivity index is 1.54. The van der Waals surface area contributed by atoms with Crippen molar-refractivity contribution in [2.75, 3.05) is 40.3 Å². The fourth-order valence-electron chi connectivity index (χ4n) is 3.71. The van der Waals surface area contributed by atoms with Crippen molar-refractivity contribution in [3.8, 4) is 0 Å². The average molecular weight is 331 g/mol. The van der Waals surface area contributed by atoms with Gasteiger partial charge in [0.15, 0.2) is 0 Å². The first-order valence-corrected chi connectivity index (χ1v) is 8.52. The number of likely N-dealkylation sites (tertiary alicyclic amines) is 2. The van der Waals surface area contributed by atoms with Crippen LogP contribution in [0.4, 0.5) is 4.79 Å². The van der Waals surface area contributed by atoms with Crippen LogP contribution in [-0.2, 0) is 0 Å². The van der Waals surface area contributed by atoms with Gasteiger partial charge in [0.05, 0.1) is 6.20 Å². The molecule has 0 aliphatic carbocycles. The van der Waals surface area contributed by atoms with E-state index in [1.165, 1.54) is 6.20 Å². The van der Waals surface area contributed by atoms with Crippen molar-refractivity contribution in [3.63, 3.8) is 0 Å². The second kappa shape index (κ2) is 6.75. The molecule has 7 heteroatoms. The van der Waals surface area contributed by atoms with Gasteiger partial charge in [-0.05, 0) is 31.1 Å². The summed E-state index contributed by atoms with van der Waals surface area (Å²) in [6.45, 7) is 3.15. The summed E-state index contributed by atoms with van der Waals surface area (Å²) < 4.78 is 0. The Kier molecular flexibility index (Phi) is 4.69. The monoisotopic (exact) mass is 331 g/mol. The van der Waals surface area contributed by atoms with Crippen molar-refractivity contribution >= 4 is 11.9 Å². The molecule has 3 amide bonds. The zero-order chi connectivity index (χ0) is 17.2. The Morgan fingerprint density at radius 2 is 1.58 bits per heavy atom. The van der Waals surface area contributed by atoms with Gasteiger partial charge < -0.3 is 14.7 Å². The van der Waals surface area contributed by atoms with Crippen LogP contribution in [0.15, 0.2) is 18.6 Å². The van der Waals surface area contributed by atoms with Crippen LogP contribution in [0.1, 0.15) is 36.2 Å². The predicted molar refractivity (Wildman–Crippen MR) is 89.5 cm³/mol. The molecule has 1 aromatic rings. The lowest BCUT2D eigenvalue weighted by Gasteiger charge is -2.47. The number of rotatable bonds is 1. The third kappa shape index (κ3) is 3.34. The molecular weight excluding hydrogens is 306 g/mol. The Bertz CT molecular complexity index is 586. The summed E-state index contributed by atoms with van der Waals surface area (Å²) in [6, 6.07) is 0.0973. The third-order valence-electron chi connectivity index (χ3n) is 5.37. The second-order valence-electron chi connectivity index (χ2n) is 7.05. The topological polar surface area (TPSA) is 69.6 Å². The minimum atomic E-state index is -0.0295. The molecule has 0 radical (unpaired) electrons. The van der Waals surface area contributed by atoms with Crippen molar-refractivity contribution in [2.45, 2.75) is 25.7 Å². The number of hydrogen-bond acceptors (Lipinski definition) is 4. The van der Waals surface area contributed by atoms with Gasteiger partial charge in [0.2, 0.25) is 0 Å². The maximum Gasteiger partial charge on any atom is 0.319 e. The van der Waals surface area contributed by atoms with E-state index in [0.29, 0.717) is 5.69 Å². The minimum absolute atomic E-state index is 0.0295. The first kappa shape index (κ1) is 16.7. The van der Waals surface area contributed by atoms with E-state index >= 15 is 0 Å². The number of piperidine rings is 2. The minimum Gasteiger partial charge on any atom is -0.337 e. The van der Waals surface area contributed by atoms with E-state index in [1.54, 1.807) is 31.4 Å². The molecule has 0 bridgehead atoms. The Hall–Kier alpha value is -2.18. The van der Waals surface area contributed by atoms with E-state index in [0.717, 1.165) is 51.9 Å². The van der Waals surface area contributed by atoms with Crippen molar-refractivity contribution in [1.82, 2.24) is 24.7 Å². The van der Waals surface area contributed by atoms with Gasteiger partial charge in [0.1, 0.15) is 5.69 Å². The lowest BCUT2D eigenvalue weighted by atomic mass is 9.71. The highest BCUT2D eigenvalue weighted by atomic mass is 16.2. The summed E-state index contributed by atoms with van der Waals surface area (Å²) in [5.41, 5.74) is 0.697. The molecule has 2 saturated heterocycles. The zero-order valence-corrected chi connectivity index (χ0v) is 14.4. The molecule has 2 aliphatic rings. The molecule has 1 aromatic heterocycles. The van der Waals surface area contributed by atoms with Crippen LogP contribution in [0.25, 0.3) is 0 Å². The molecular formula is C17H25N5O2. The van der Waals surface area contributed by atoms with Crippen LogP contribution in [0.2, 0.25) is 0 Å². The van der Waals surface area contributed by atoms with Gasteiger partial charge in [-0.25, -0.2) is 9.78 Å². The molecule has 0 N–H and O–H groups in total. The fourth-order valence-corrected chi connectivity index (χ4v) is 3.71. The van der Waals surface area contributed by atoms with Gasteiger partial charge in [-0.1, -0.05) is 0 Å². The van der Waals surface area contributed by atoms with Crippen LogP contribution >= 0.6 is 0 Å². The van der Waals surface area contributed by atoms with E-state index in [4.69, 9.17) is 0 Å². The fraction of sp³-hybridized carbons (Fsp3) is 0.647. The summed E-state index contributed by atoms with van der Waals surface area (Å²) in [6.07, 6.45) is 8.71. The highest BCUT2D eigenvalue weighted by Gasteiger charge is 2.39. The first-order chi connectivity index (χ1) is 11.5. The Morgan fingerprint density at radius 1 is 1.00 bits per heavy atom. The maximum atomic E-state index is 12.5. The number of carbonyl (C=O) groups is 2. The zero-order valence-electron chi connectivity index (χ0n) is 14.4. The van der Waals surface area contributed by atoms with E-state index in [2.05, 4.69) is 9.97 Å². The lowest BCUT2D eigenvalue weighted by Crippen LogP contribution is -2.51. The Labute approximate surface area is 142 Å². The number of amides is 3. The normalized spacial score (nSPS) is 20.1. The summed E-state index contributed by atoms with van der Waals surface area (Å²) in [7, 11) is 3.59. The van der Waals surface area contributed by atoms with Gasteiger partial charge >= 0.3 is 6.03 Å². The number of carbonyl (C=O) groups excluding carboxylic acids is 2. The molecule has 130 valence electrons. The third-order valence-corrected chi connectivity index (χ3v) is 5.37. The van der Waals surface area contributed by atoms with Crippen LogP contribution < -0.4 is 0 Å². The molecule has 24 heavy (non-hydrogen) atoms. The van der Waals surface area contributed by atoms with E-state index in [9.17, 15) is 9.59 Å². The van der Waals surface area contributed by atoms with Gasteiger partial charge in [-0.2, -0.15) is 0 Å². The second-order valence-corrected chi connectivity index (χ2v) is 7.05. The quantitative estimate of drug-likeness (QED) is 0.781. The maximum absolute atomic E-state index is 12.5. The van der Waals surface area contributed by atoms with Crippen LogP contribution in [-0.4, -0.2) is 76.9 Å². The molecule has 0 saturated carbocycles. The van der Waals surface area contributed by atoms with Gasteiger partial charge in [0.25, 0.3) is 5.91 Å². The molecule has 1 spiro atoms. The molecule has 2 fully saturated rings. The SMILES string of the molecule is CN(C)C(=O)N1CCC2(CCN(C(=O)c3cnccn3)CC2)CC1. The number of aromatic nitrogens is 2. The molecule has 0 atom stereocenters. The van der Waals surface area contributed by atoms with E-state index in [1.807, 2.05) is 9.80 Å². The first-order valence-electron chi connectivity index (χ1n) is 8.52. The van der Waals surface area contributed by atoms with Crippen LogP contribution in [0.5, 0.6) is 0 Å². The number of urea groups is 1. The molecule has 0 aromatic carbocycles.